The third-order valence-electron chi connectivity index (χ3n) is 2.65. The number of pyridine rings is 1. The lowest BCUT2D eigenvalue weighted by molar-refractivity contribution is 0.285. The first-order valence-corrected chi connectivity index (χ1v) is 5.67. The van der Waals surface area contributed by atoms with Gasteiger partial charge in [-0.05, 0) is 44.2 Å². The minimum absolute atomic E-state index is 0.719. The Bertz CT molecular complexity index is 310. The third-order valence-corrected chi connectivity index (χ3v) is 2.65. The van der Waals surface area contributed by atoms with Crippen molar-refractivity contribution in [1.82, 2.24) is 4.98 Å². The molecule has 1 aromatic rings. The summed E-state index contributed by atoms with van der Waals surface area (Å²) >= 11 is 0. The molecule has 0 radical (unpaired) electrons. The van der Waals surface area contributed by atoms with Crippen LogP contribution in [0.5, 0.6) is 5.88 Å². The number of hydrogen-bond acceptors (Lipinski definition) is 3. The van der Waals surface area contributed by atoms with E-state index >= 15 is 0 Å². The molecule has 0 aliphatic heterocycles. The Hall–Kier alpha value is -1.09. The van der Waals surface area contributed by atoms with Gasteiger partial charge in [-0.25, -0.2) is 4.98 Å². The first-order valence-electron chi connectivity index (χ1n) is 5.67. The van der Waals surface area contributed by atoms with Gasteiger partial charge in [0, 0.05) is 11.8 Å². The van der Waals surface area contributed by atoms with E-state index in [1.165, 1.54) is 18.4 Å². The summed E-state index contributed by atoms with van der Waals surface area (Å²) in [7, 11) is 0. The van der Waals surface area contributed by atoms with Crippen LogP contribution >= 0.6 is 0 Å². The topological polar surface area (TPSA) is 48.1 Å². The van der Waals surface area contributed by atoms with Crippen molar-refractivity contribution >= 4 is 0 Å². The number of nitrogens with zero attached hydrogens (tertiary/aromatic N) is 1. The molecule has 82 valence electrons. The van der Waals surface area contributed by atoms with Crippen molar-refractivity contribution in [2.24, 2.45) is 11.7 Å². The van der Waals surface area contributed by atoms with Crippen molar-refractivity contribution in [1.29, 1.82) is 0 Å². The molecular weight excluding hydrogens is 188 g/mol. The highest BCUT2D eigenvalue weighted by Gasteiger charge is 2.22. The van der Waals surface area contributed by atoms with Crippen LogP contribution in [0.1, 0.15) is 24.8 Å². The number of aryl methyl sites for hydroxylation is 1. The summed E-state index contributed by atoms with van der Waals surface area (Å²) in [4.78, 5) is 4.27. The minimum atomic E-state index is 0.719. The van der Waals surface area contributed by atoms with Crippen molar-refractivity contribution in [3.05, 3.63) is 23.9 Å². The standard InChI is InChI=1S/C12H18N2O/c13-7-1-3-11-4-2-8-14-12(11)15-9-10-5-6-10/h2,4,8,10H,1,3,5-7,9,13H2. The molecule has 0 unspecified atom stereocenters. The first kappa shape index (κ1) is 10.4. The van der Waals surface area contributed by atoms with Crippen molar-refractivity contribution in [3.8, 4) is 5.88 Å². The molecule has 2 N–H and O–H groups in total. The van der Waals surface area contributed by atoms with Gasteiger partial charge in [0.1, 0.15) is 0 Å². The molecule has 3 nitrogen and oxygen atoms in total. The van der Waals surface area contributed by atoms with Crippen LogP contribution in [0, 0.1) is 5.92 Å². The molecule has 1 aromatic heterocycles. The van der Waals surface area contributed by atoms with E-state index in [9.17, 15) is 0 Å². The lowest BCUT2D eigenvalue weighted by atomic mass is 10.1. The van der Waals surface area contributed by atoms with E-state index in [0.717, 1.165) is 37.8 Å². The zero-order chi connectivity index (χ0) is 10.5. The van der Waals surface area contributed by atoms with E-state index in [0.29, 0.717) is 0 Å². The average Bonchev–Trinajstić information content (AvgIpc) is 3.08. The molecule has 1 aliphatic rings. The molecule has 15 heavy (non-hydrogen) atoms. The van der Waals surface area contributed by atoms with Gasteiger partial charge in [0.25, 0.3) is 0 Å². The Morgan fingerprint density at radius 1 is 1.47 bits per heavy atom. The van der Waals surface area contributed by atoms with Gasteiger partial charge in [0.15, 0.2) is 0 Å². The molecule has 0 spiro atoms. The second kappa shape index (κ2) is 5.12. The van der Waals surface area contributed by atoms with E-state index in [2.05, 4.69) is 11.1 Å². The maximum absolute atomic E-state index is 5.71. The summed E-state index contributed by atoms with van der Waals surface area (Å²) in [6.07, 6.45) is 6.36. The SMILES string of the molecule is NCCCc1cccnc1OCC1CC1. The number of ether oxygens (including phenoxy) is 1. The van der Waals surface area contributed by atoms with E-state index in [1.807, 2.05) is 6.07 Å². The van der Waals surface area contributed by atoms with Gasteiger partial charge in [-0.3, -0.25) is 0 Å². The highest BCUT2D eigenvalue weighted by atomic mass is 16.5. The second-order valence-corrected chi connectivity index (χ2v) is 4.11. The molecule has 1 heterocycles. The molecule has 0 bridgehead atoms. The highest BCUT2D eigenvalue weighted by molar-refractivity contribution is 5.25. The van der Waals surface area contributed by atoms with Crippen molar-refractivity contribution in [2.45, 2.75) is 25.7 Å². The zero-order valence-corrected chi connectivity index (χ0v) is 8.98. The lowest BCUT2D eigenvalue weighted by Gasteiger charge is -2.08. The molecule has 1 aliphatic carbocycles. The summed E-state index contributed by atoms with van der Waals surface area (Å²) in [6, 6.07) is 4.03. The van der Waals surface area contributed by atoms with Gasteiger partial charge >= 0.3 is 0 Å². The normalized spacial score (nSPS) is 15.3. The lowest BCUT2D eigenvalue weighted by Crippen LogP contribution is -2.05. The number of hydrogen-bond donors (Lipinski definition) is 1. The molecule has 0 aromatic carbocycles. The molecule has 2 rings (SSSR count). The maximum atomic E-state index is 5.71. The fraction of sp³-hybridized carbons (Fsp3) is 0.583. The summed E-state index contributed by atoms with van der Waals surface area (Å²) < 4.78 is 5.71. The molecule has 1 fully saturated rings. The second-order valence-electron chi connectivity index (χ2n) is 4.11. The van der Waals surface area contributed by atoms with Crippen molar-refractivity contribution in [3.63, 3.8) is 0 Å². The summed E-state index contributed by atoms with van der Waals surface area (Å²) in [5.74, 6) is 1.58. The Morgan fingerprint density at radius 3 is 3.07 bits per heavy atom. The Labute approximate surface area is 90.7 Å². The van der Waals surface area contributed by atoms with Gasteiger partial charge < -0.3 is 10.5 Å². The first-order chi connectivity index (χ1) is 7.40. The third kappa shape index (κ3) is 3.20. The Morgan fingerprint density at radius 2 is 2.33 bits per heavy atom. The monoisotopic (exact) mass is 206 g/mol. The Kier molecular flexibility index (Phi) is 3.56. The van der Waals surface area contributed by atoms with E-state index in [1.54, 1.807) is 6.20 Å². The zero-order valence-electron chi connectivity index (χ0n) is 8.98. The van der Waals surface area contributed by atoms with Gasteiger partial charge in [-0.15, -0.1) is 0 Å². The fourth-order valence-electron chi connectivity index (χ4n) is 1.52. The van der Waals surface area contributed by atoms with Crippen LogP contribution in [0.15, 0.2) is 18.3 Å². The predicted octanol–water partition coefficient (Wildman–Crippen LogP) is 1.76. The largest absolute Gasteiger partial charge is 0.477 e. The molecular formula is C12H18N2O. The fourth-order valence-corrected chi connectivity index (χ4v) is 1.52. The number of rotatable bonds is 6. The van der Waals surface area contributed by atoms with Crippen LogP contribution < -0.4 is 10.5 Å². The van der Waals surface area contributed by atoms with Gasteiger partial charge in [-0.1, -0.05) is 6.07 Å². The minimum Gasteiger partial charge on any atom is -0.477 e. The highest BCUT2D eigenvalue weighted by Crippen LogP contribution is 2.29. The summed E-state index contributed by atoms with van der Waals surface area (Å²) in [6.45, 7) is 1.55. The number of aromatic nitrogens is 1. The maximum Gasteiger partial charge on any atom is 0.216 e. The van der Waals surface area contributed by atoms with Crippen LogP contribution in [0.3, 0.4) is 0 Å². The van der Waals surface area contributed by atoms with Crippen molar-refractivity contribution < 1.29 is 4.74 Å². The molecule has 0 saturated heterocycles. The quantitative estimate of drug-likeness (QED) is 0.771. The molecule has 1 saturated carbocycles. The predicted molar refractivity (Wildman–Crippen MR) is 59.8 cm³/mol. The molecule has 0 amide bonds. The molecule has 0 atom stereocenters. The van der Waals surface area contributed by atoms with E-state index in [-0.39, 0.29) is 0 Å². The van der Waals surface area contributed by atoms with E-state index < -0.39 is 0 Å². The summed E-state index contributed by atoms with van der Waals surface area (Å²) in [5.41, 5.74) is 6.68. The smallest absolute Gasteiger partial charge is 0.216 e. The van der Waals surface area contributed by atoms with Crippen LogP contribution in [-0.4, -0.2) is 18.1 Å². The van der Waals surface area contributed by atoms with Crippen LogP contribution in [0.2, 0.25) is 0 Å². The van der Waals surface area contributed by atoms with Crippen LogP contribution in [0.25, 0.3) is 0 Å². The van der Waals surface area contributed by atoms with E-state index in [4.69, 9.17) is 10.5 Å². The van der Waals surface area contributed by atoms with Crippen LogP contribution in [0.4, 0.5) is 0 Å². The van der Waals surface area contributed by atoms with Gasteiger partial charge in [0.05, 0.1) is 6.61 Å². The average molecular weight is 206 g/mol. The van der Waals surface area contributed by atoms with Crippen LogP contribution in [-0.2, 0) is 6.42 Å². The Balaban J connectivity index is 1.93. The van der Waals surface area contributed by atoms with Gasteiger partial charge in [0.2, 0.25) is 5.88 Å². The molecule has 3 heteroatoms. The number of nitrogens with two attached hydrogens (primary N) is 1. The summed E-state index contributed by atoms with van der Waals surface area (Å²) in [5, 5.41) is 0. The van der Waals surface area contributed by atoms with Crippen molar-refractivity contribution in [2.75, 3.05) is 13.2 Å². The van der Waals surface area contributed by atoms with Gasteiger partial charge in [-0.2, -0.15) is 0 Å².